The van der Waals surface area contributed by atoms with Crippen LogP contribution in [-0.2, 0) is 13.0 Å². The summed E-state index contributed by atoms with van der Waals surface area (Å²) in [5.41, 5.74) is 3.23. The maximum atomic E-state index is 13.0. The van der Waals surface area contributed by atoms with Crippen LogP contribution in [0.3, 0.4) is 0 Å². The van der Waals surface area contributed by atoms with Crippen LogP contribution in [0.1, 0.15) is 28.7 Å². The van der Waals surface area contributed by atoms with Gasteiger partial charge in [-0.15, -0.1) is 11.3 Å². The molecule has 4 rings (SSSR count). The number of amides is 1. The molecule has 1 amide bonds. The molecule has 2 aromatic heterocycles. The van der Waals surface area contributed by atoms with E-state index in [1.165, 1.54) is 11.3 Å². The number of nitrogens with zero attached hydrogens (tertiary/aromatic N) is 2. The Bertz CT molecular complexity index is 1160. The fourth-order valence-electron chi connectivity index (χ4n) is 3.43. The van der Waals surface area contributed by atoms with E-state index in [0.29, 0.717) is 12.2 Å². The molecule has 0 atom stereocenters. The second-order valence-corrected chi connectivity index (χ2v) is 7.61. The Kier molecular flexibility index (Phi) is 5.36. The number of furan rings is 1. The van der Waals surface area contributed by atoms with E-state index in [1.54, 1.807) is 24.4 Å². The first-order chi connectivity index (χ1) is 14.1. The van der Waals surface area contributed by atoms with E-state index in [1.807, 2.05) is 48.5 Å². The summed E-state index contributed by atoms with van der Waals surface area (Å²) in [6.45, 7) is 2.53. The molecule has 0 fully saturated rings. The number of aromatic nitrogens is 1. The highest BCUT2D eigenvalue weighted by molar-refractivity contribution is 7.13. The average molecular weight is 407 g/mol. The molecule has 5 nitrogen and oxygen atoms in total. The van der Waals surface area contributed by atoms with E-state index < -0.39 is 0 Å². The Morgan fingerprint density at radius 1 is 1.17 bits per heavy atom. The average Bonchev–Trinajstić information content (AvgIpc) is 3.38. The molecular weight excluding hydrogens is 384 g/mol. The van der Waals surface area contributed by atoms with Crippen LogP contribution in [0, 0.1) is 0 Å². The second-order valence-electron chi connectivity index (χ2n) is 6.75. The molecule has 0 N–H and O–H groups in total. The first-order valence-electron chi connectivity index (χ1n) is 9.46. The van der Waals surface area contributed by atoms with Crippen molar-refractivity contribution in [2.45, 2.75) is 19.9 Å². The monoisotopic (exact) mass is 406 g/mol. The lowest BCUT2D eigenvalue weighted by Gasteiger charge is -2.16. The summed E-state index contributed by atoms with van der Waals surface area (Å²) in [7, 11) is 3.43. The molecular formula is C23H22N2O3S. The number of para-hydroxylation sites is 2. The predicted molar refractivity (Wildman–Crippen MR) is 115 cm³/mol. The number of carbonyl (C=O) groups is 1. The van der Waals surface area contributed by atoms with Crippen LogP contribution >= 0.6 is 11.3 Å². The first-order valence-corrected chi connectivity index (χ1v) is 10.3. The van der Waals surface area contributed by atoms with Gasteiger partial charge in [-0.05, 0) is 18.2 Å². The maximum Gasteiger partial charge on any atom is 0.273 e. The quantitative estimate of drug-likeness (QED) is 0.430. The largest absolute Gasteiger partial charge is 0.496 e. The summed E-state index contributed by atoms with van der Waals surface area (Å²) in [6, 6.07) is 15.6. The van der Waals surface area contributed by atoms with Crippen LogP contribution in [0.2, 0.25) is 0 Å². The van der Waals surface area contributed by atoms with Gasteiger partial charge in [0.05, 0.1) is 12.7 Å². The molecule has 0 spiro atoms. The number of thiazole rings is 1. The van der Waals surface area contributed by atoms with Crippen molar-refractivity contribution in [3.63, 3.8) is 0 Å². The van der Waals surface area contributed by atoms with Crippen molar-refractivity contribution in [1.82, 2.24) is 9.88 Å². The molecule has 2 aromatic carbocycles. The van der Waals surface area contributed by atoms with Gasteiger partial charge in [0.25, 0.3) is 5.91 Å². The highest BCUT2D eigenvalue weighted by Gasteiger charge is 2.21. The van der Waals surface area contributed by atoms with Gasteiger partial charge in [0, 0.05) is 36.3 Å². The van der Waals surface area contributed by atoms with Crippen LogP contribution in [-0.4, -0.2) is 29.9 Å². The third-order valence-corrected chi connectivity index (χ3v) is 5.78. The lowest BCUT2D eigenvalue weighted by atomic mass is 10.1. The number of hydrogen-bond donors (Lipinski definition) is 0. The predicted octanol–water partition coefficient (Wildman–Crippen LogP) is 5.40. The van der Waals surface area contributed by atoms with E-state index in [2.05, 4.69) is 11.9 Å². The van der Waals surface area contributed by atoms with Gasteiger partial charge in [0.1, 0.15) is 27.8 Å². The van der Waals surface area contributed by atoms with Crippen molar-refractivity contribution in [2.75, 3.05) is 14.2 Å². The SMILES string of the molecule is CCc1oc2ccccc2c1CN(C)C(=O)c1csc(-c2ccccc2OC)n1. The molecule has 2 heterocycles. The Balaban J connectivity index is 1.59. The number of rotatable bonds is 6. The lowest BCUT2D eigenvalue weighted by Crippen LogP contribution is -2.26. The molecule has 0 saturated heterocycles. The molecule has 0 radical (unpaired) electrons. The van der Waals surface area contributed by atoms with E-state index in [-0.39, 0.29) is 5.91 Å². The number of benzene rings is 2. The standard InChI is InChI=1S/C23H22N2O3S/c1-4-19-17(15-9-5-8-12-21(15)28-19)13-25(2)23(26)18-14-29-22(24-18)16-10-6-7-11-20(16)27-3/h5-12,14H,4,13H2,1-3H3. The van der Waals surface area contributed by atoms with Gasteiger partial charge in [0.15, 0.2) is 0 Å². The van der Waals surface area contributed by atoms with Crippen molar-refractivity contribution < 1.29 is 13.9 Å². The molecule has 0 aliphatic carbocycles. The zero-order valence-electron chi connectivity index (χ0n) is 16.6. The molecule has 148 valence electrons. The second kappa shape index (κ2) is 8.09. The minimum absolute atomic E-state index is 0.116. The van der Waals surface area contributed by atoms with Crippen LogP contribution in [0.15, 0.2) is 58.3 Å². The van der Waals surface area contributed by atoms with Gasteiger partial charge in [0.2, 0.25) is 0 Å². The smallest absolute Gasteiger partial charge is 0.273 e. The van der Waals surface area contributed by atoms with Gasteiger partial charge in [-0.25, -0.2) is 4.98 Å². The topological polar surface area (TPSA) is 55.6 Å². The van der Waals surface area contributed by atoms with E-state index in [0.717, 1.165) is 45.0 Å². The molecule has 0 aliphatic heterocycles. The normalized spacial score (nSPS) is 11.0. The van der Waals surface area contributed by atoms with Crippen LogP contribution < -0.4 is 4.74 Å². The number of fused-ring (bicyclic) bond motifs is 1. The van der Waals surface area contributed by atoms with Crippen molar-refractivity contribution in [3.8, 4) is 16.3 Å². The van der Waals surface area contributed by atoms with Crippen LogP contribution in [0.25, 0.3) is 21.5 Å². The zero-order chi connectivity index (χ0) is 20.4. The van der Waals surface area contributed by atoms with E-state index >= 15 is 0 Å². The summed E-state index contributed by atoms with van der Waals surface area (Å²) in [6.07, 6.45) is 0.778. The van der Waals surface area contributed by atoms with Crippen molar-refractivity contribution in [3.05, 3.63) is 70.9 Å². The van der Waals surface area contributed by atoms with Gasteiger partial charge < -0.3 is 14.1 Å². The minimum Gasteiger partial charge on any atom is -0.496 e. The van der Waals surface area contributed by atoms with Crippen molar-refractivity contribution in [1.29, 1.82) is 0 Å². The highest BCUT2D eigenvalue weighted by atomic mass is 32.1. The maximum absolute atomic E-state index is 13.0. The zero-order valence-corrected chi connectivity index (χ0v) is 17.5. The molecule has 29 heavy (non-hydrogen) atoms. The number of aryl methyl sites for hydroxylation is 1. The molecule has 6 heteroatoms. The summed E-state index contributed by atoms with van der Waals surface area (Å²) in [5, 5.41) is 3.62. The van der Waals surface area contributed by atoms with Gasteiger partial charge in [-0.1, -0.05) is 37.3 Å². The number of methoxy groups -OCH3 is 1. The third-order valence-electron chi connectivity index (χ3n) is 4.91. The molecule has 0 unspecified atom stereocenters. The fourth-order valence-corrected chi connectivity index (χ4v) is 4.25. The summed E-state index contributed by atoms with van der Waals surface area (Å²) < 4.78 is 11.4. The Labute approximate surface area is 173 Å². The fraction of sp³-hybridized carbons (Fsp3) is 0.217. The summed E-state index contributed by atoms with van der Waals surface area (Å²) in [5.74, 6) is 1.54. The minimum atomic E-state index is -0.116. The van der Waals surface area contributed by atoms with Crippen molar-refractivity contribution >= 4 is 28.2 Å². The van der Waals surface area contributed by atoms with Crippen LogP contribution in [0.5, 0.6) is 5.75 Å². The van der Waals surface area contributed by atoms with Gasteiger partial charge >= 0.3 is 0 Å². The molecule has 0 aliphatic rings. The highest BCUT2D eigenvalue weighted by Crippen LogP contribution is 2.32. The summed E-state index contributed by atoms with van der Waals surface area (Å²) >= 11 is 1.44. The van der Waals surface area contributed by atoms with Gasteiger partial charge in [-0.3, -0.25) is 4.79 Å². The third kappa shape index (κ3) is 3.63. The Hall–Kier alpha value is -3.12. The number of ether oxygens (including phenoxy) is 1. The van der Waals surface area contributed by atoms with Crippen LogP contribution in [0.4, 0.5) is 0 Å². The van der Waals surface area contributed by atoms with E-state index in [4.69, 9.17) is 9.15 Å². The summed E-state index contributed by atoms with van der Waals surface area (Å²) in [4.78, 5) is 19.3. The molecule has 4 aromatic rings. The molecule has 0 saturated carbocycles. The lowest BCUT2D eigenvalue weighted by molar-refractivity contribution is 0.0780. The van der Waals surface area contributed by atoms with E-state index in [9.17, 15) is 4.79 Å². The van der Waals surface area contributed by atoms with Crippen molar-refractivity contribution in [2.24, 2.45) is 0 Å². The number of carbonyl (C=O) groups excluding carboxylic acids is 1. The Morgan fingerprint density at radius 2 is 1.93 bits per heavy atom. The Morgan fingerprint density at radius 3 is 2.72 bits per heavy atom. The van der Waals surface area contributed by atoms with Gasteiger partial charge in [-0.2, -0.15) is 0 Å². The number of hydrogen-bond acceptors (Lipinski definition) is 5. The first kappa shape index (κ1) is 19.2. The molecule has 0 bridgehead atoms.